The summed E-state index contributed by atoms with van der Waals surface area (Å²) in [4.78, 5) is 26.5. The highest BCUT2D eigenvalue weighted by atomic mass is 35.5. The quantitative estimate of drug-likeness (QED) is 0.712. The lowest BCUT2D eigenvalue weighted by molar-refractivity contribution is -0.132. The monoisotopic (exact) mass is 402 g/mol. The van der Waals surface area contributed by atoms with Crippen LogP contribution < -0.4 is 16.4 Å². The molecule has 0 aliphatic carbocycles. The summed E-state index contributed by atoms with van der Waals surface area (Å²) in [6.07, 6.45) is 1.93. The SMILES string of the molecule is Cc1ccc(NC(=O)Nc2cccc3c2CCN(C(=O)CCCN)C3)cc1.Cl. The van der Waals surface area contributed by atoms with Gasteiger partial charge in [-0.15, -0.1) is 12.4 Å². The first kappa shape index (κ1) is 21.7. The molecule has 28 heavy (non-hydrogen) atoms. The molecule has 2 aromatic rings. The highest BCUT2D eigenvalue weighted by molar-refractivity contribution is 6.00. The Kier molecular flexibility index (Phi) is 7.84. The van der Waals surface area contributed by atoms with Crippen LogP contribution in [0.25, 0.3) is 0 Å². The zero-order chi connectivity index (χ0) is 19.2. The first-order valence-electron chi connectivity index (χ1n) is 9.30. The van der Waals surface area contributed by atoms with E-state index >= 15 is 0 Å². The van der Waals surface area contributed by atoms with Crippen LogP contribution in [0, 0.1) is 6.92 Å². The number of amides is 3. The van der Waals surface area contributed by atoms with Crippen molar-refractivity contribution < 1.29 is 9.59 Å². The van der Waals surface area contributed by atoms with Crippen molar-refractivity contribution in [2.75, 3.05) is 23.7 Å². The van der Waals surface area contributed by atoms with Gasteiger partial charge < -0.3 is 21.3 Å². The van der Waals surface area contributed by atoms with Crippen molar-refractivity contribution in [3.63, 3.8) is 0 Å². The average molecular weight is 403 g/mol. The number of benzene rings is 2. The number of hydrogen-bond acceptors (Lipinski definition) is 3. The number of urea groups is 1. The molecule has 0 radical (unpaired) electrons. The molecule has 0 unspecified atom stereocenters. The highest BCUT2D eigenvalue weighted by Crippen LogP contribution is 2.27. The molecule has 3 amide bonds. The predicted octanol–water partition coefficient (Wildman–Crippen LogP) is 3.68. The van der Waals surface area contributed by atoms with E-state index in [1.54, 1.807) is 0 Å². The molecule has 4 N–H and O–H groups in total. The van der Waals surface area contributed by atoms with Gasteiger partial charge in [0.15, 0.2) is 0 Å². The molecule has 0 fully saturated rings. The van der Waals surface area contributed by atoms with Gasteiger partial charge in [0, 0.05) is 30.9 Å². The molecule has 1 aliphatic rings. The summed E-state index contributed by atoms with van der Waals surface area (Å²) < 4.78 is 0. The van der Waals surface area contributed by atoms with E-state index < -0.39 is 0 Å². The normalized spacial score (nSPS) is 12.6. The third kappa shape index (κ3) is 5.47. The number of fused-ring (bicyclic) bond motifs is 1. The number of aryl methyl sites for hydroxylation is 1. The zero-order valence-corrected chi connectivity index (χ0v) is 16.8. The molecule has 3 rings (SSSR count). The molecule has 0 saturated carbocycles. The van der Waals surface area contributed by atoms with E-state index in [0.717, 1.165) is 34.5 Å². The second-order valence-corrected chi connectivity index (χ2v) is 6.85. The van der Waals surface area contributed by atoms with Crippen LogP contribution in [0.5, 0.6) is 0 Å². The number of anilines is 2. The second kappa shape index (κ2) is 10.1. The third-order valence-corrected chi connectivity index (χ3v) is 4.77. The van der Waals surface area contributed by atoms with Crippen molar-refractivity contribution in [1.82, 2.24) is 4.90 Å². The Morgan fingerprint density at radius 1 is 1.11 bits per heavy atom. The number of hydrogen-bond donors (Lipinski definition) is 3. The summed E-state index contributed by atoms with van der Waals surface area (Å²) in [5.74, 6) is 0.140. The molecule has 0 aromatic heterocycles. The molecule has 1 aliphatic heterocycles. The molecule has 0 saturated heterocycles. The fourth-order valence-corrected chi connectivity index (χ4v) is 3.27. The molecule has 6 nitrogen and oxygen atoms in total. The standard InChI is InChI=1S/C21H26N4O2.ClH/c1-15-7-9-17(10-8-15)23-21(27)24-19-5-2-4-16-14-25(13-11-18(16)19)20(26)6-3-12-22;/h2,4-5,7-10H,3,6,11-14,22H2,1H3,(H2,23,24,27);1H. The summed E-state index contributed by atoms with van der Waals surface area (Å²) in [5, 5.41) is 5.79. The van der Waals surface area contributed by atoms with E-state index in [4.69, 9.17) is 5.73 Å². The minimum Gasteiger partial charge on any atom is -0.338 e. The maximum atomic E-state index is 12.3. The Morgan fingerprint density at radius 3 is 2.57 bits per heavy atom. The van der Waals surface area contributed by atoms with Crippen molar-refractivity contribution in [2.24, 2.45) is 5.73 Å². The molecular weight excluding hydrogens is 376 g/mol. The van der Waals surface area contributed by atoms with E-state index in [0.29, 0.717) is 32.5 Å². The van der Waals surface area contributed by atoms with Crippen LogP contribution in [-0.2, 0) is 17.8 Å². The molecular formula is C21H27ClN4O2. The lowest BCUT2D eigenvalue weighted by atomic mass is 9.97. The summed E-state index contributed by atoms with van der Waals surface area (Å²) >= 11 is 0. The van der Waals surface area contributed by atoms with E-state index in [1.807, 2.05) is 54.3 Å². The lowest BCUT2D eigenvalue weighted by Gasteiger charge is -2.30. The number of halogens is 1. The largest absolute Gasteiger partial charge is 0.338 e. The average Bonchev–Trinajstić information content (AvgIpc) is 2.67. The molecule has 0 spiro atoms. The third-order valence-electron chi connectivity index (χ3n) is 4.77. The fraction of sp³-hybridized carbons (Fsp3) is 0.333. The molecule has 1 heterocycles. The fourth-order valence-electron chi connectivity index (χ4n) is 3.27. The number of carbonyl (C=O) groups excluding carboxylic acids is 2. The van der Waals surface area contributed by atoms with Gasteiger partial charge in [-0.25, -0.2) is 4.79 Å². The van der Waals surface area contributed by atoms with Gasteiger partial charge >= 0.3 is 6.03 Å². The lowest BCUT2D eigenvalue weighted by Crippen LogP contribution is -2.36. The van der Waals surface area contributed by atoms with Gasteiger partial charge in [-0.05, 0) is 55.6 Å². The summed E-state index contributed by atoms with van der Waals surface area (Å²) in [6, 6.07) is 13.2. The van der Waals surface area contributed by atoms with Gasteiger partial charge in [-0.1, -0.05) is 29.8 Å². The Balaban J connectivity index is 0.00000280. The molecule has 7 heteroatoms. The van der Waals surface area contributed by atoms with E-state index in [1.165, 1.54) is 0 Å². The smallest absolute Gasteiger partial charge is 0.323 e. The van der Waals surface area contributed by atoms with Crippen molar-refractivity contribution in [1.29, 1.82) is 0 Å². The Bertz CT molecular complexity index is 824. The van der Waals surface area contributed by atoms with Gasteiger partial charge in [0.1, 0.15) is 0 Å². The van der Waals surface area contributed by atoms with Gasteiger partial charge in [0.25, 0.3) is 0 Å². The number of carbonyl (C=O) groups is 2. The zero-order valence-electron chi connectivity index (χ0n) is 16.0. The summed E-state index contributed by atoms with van der Waals surface area (Å²) in [7, 11) is 0. The topological polar surface area (TPSA) is 87.5 Å². The maximum absolute atomic E-state index is 12.3. The van der Waals surface area contributed by atoms with Crippen molar-refractivity contribution >= 4 is 35.7 Å². The van der Waals surface area contributed by atoms with Crippen LogP contribution in [0.15, 0.2) is 42.5 Å². The predicted molar refractivity (Wildman–Crippen MR) is 115 cm³/mol. The molecule has 150 valence electrons. The van der Waals surface area contributed by atoms with Crippen LogP contribution in [0.1, 0.15) is 29.5 Å². The van der Waals surface area contributed by atoms with Crippen molar-refractivity contribution in [3.05, 3.63) is 59.2 Å². The first-order chi connectivity index (χ1) is 13.1. The minimum atomic E-state index is -0.270. The van der Waals surface area contributed by atoms with E-state index in [9.17, 15) is 9.59 Å². The Hall–Kier alpha value is -2.57. The molecule has 2 aromatic carbocycles. The van der Waals surface area contributed by atoms with Gasteiger partial charge in [0.05, 0.1) is 0 Å². The number of nitrogens with zero attached hydrogens (tertiary/aromatic N) is 1. The Morgan fingerprint density at radius 2 is 1.86 bits per heavy atom. The van der Waals surface area contributed by atoms with Gasteiger partial charge in [-0.3, -0.25) is 4.79 Å². The summed E-state index contributed by atoms with van der Waals surface area (Å²) in [6.45, 7) is 3.77. The van der Waals surface area contributed by atoms with Crippen LogP contribution >= 0.6 is 12.4 Å². The van der Waals surface area contributed by atoms with E-state index in [2.05, 4.69) is 10.6 Å². The van der Waals surface area contributed by atoms with Gasteiger partial charge in [0.2, 0.25) is 5.91 Å². The maximum Gasteiger partial charge on any atom is 0.323 e. The minimum absolute atomic E-state index is 0. The van der Waals surface area contributed by atoms with Crippen LogP contribution in [0.3, 0.4) is 0 Å². The first-order valence-corrected chi connectivity index (χ1v) is 9.30. The van der Waals surface area contributed by atoms with Crippen LogP contribution in [0.2, 0.25) is 0 Å². The number of nitrogens with one attached hydrogen (secondary N) is 2. The van der Waals surface area contributed by atoms with Crippen molar-refractivity contribution in [3.8, 4) is 0 Å². The second-order valence-electron chi connectivity index (χ2n) is 6.85. The van der Waals surface area contributed by atoms with Crippen LogP contribution in [-0.4, -0.2) is 29.9 Å². The highest BCUT2D eigenvalue weighted by Gasteiger charge is 2.22. The Labute approximate surface area is 171 Å². The molecule has 0 bridgehead atoms. The van der Waals surface area contributed by atoms with Gasteiger partial charge in [-0.2, -0.15) is 0 Å². The summed E-state index contributed by atoms with van der Waals surface area (Å²) in [5.41, 5.74) is 10.4. The molecule has 0 atom stereocenters. The number of nitrogens with two attached hydrogens (primary N) is 1. The van der Waals surface area contributed by atoms with E-state index in [-0.39, 0.29) is 24.3 Å². The van der Waals surface area contributed by atoms with Crippen LogP contribution in [0.4, 0.5) is 16.2 Å². The van der Waals surface area contributed by atoms with Crippen molar-refractivity contribution in [2.45, 2.75) is 32.7 Å². The number of rotatable bonds is 5.